The van der Waals surface area contributed by atoms with Gasteiger partial charge in [-0.15, -0.1) is 0 Å². The van der Waals surface area contributed by atoms with Crippen molar-refractivity contribution in [2.24, 2.45) is 22.9 Å². The van der Waals surface area contributed by atoms with Gasteiger partial charge < -0.3 is 57.9 Å². The number of nitrogens with two attached hydrogens (primary N) is 4. The molecule has 2 saturated heterocycles. The first-order valence-electron chi connectivity index (χ1n) is 15.4. The Hall–Kier alpha value is -4.70. The van der Waals surface area contributed by atoms with Gasteiger partial charge in [0.2, 0.25) is 24.6 Å². The van der Waals surface area contributed by atoms with Crippen LogP contribution in [-0.4, -0.2) is 89.1 Å². The second-order valence-corrected chi connectivity index (χ2v) is 12.1. The fraction of sp³-hybridized carbons (Fsp3) is 0.419. The lowest BCUT2D eigenvalue weighted by Crippen LogP contribution is -2.54. The van der Waals surface area contributed by atoms with E-state index in [1.165, 1.54) is 18.4 Å². The summed E-state index contributed by atoms with van der Waals surface area (Å²) in [7, 11) is 0. The van der Waals surface area contributed by atoms with Crippen LogP contribution in [0.3, 0.4) is 0 Å². The number of carbonyl (C=O) groups excluding carboxylic acids is 1. The van der Waals surface area contributed by atoms with Crippen molar-refractivity contribution in [3.63, 3.8) is 0 Å². The fourth-order valence-corrected chi connectivity index (χ4v) is 6.05. The van der Waals surface area contributed by atoms with E-state index in [2.05, 4.69) is 20.6 Å². The Morgan fingerprint density at radius 3 is 2.04 bits per heavy atom. The van der Waals surface area contributed by atoms with E-state index in [0.29, 0.717) is 68.8 Å². The van der Waals surface area contributed by atoms with Gasteiger partial charge in [-0.3, -0.25) is 4.79 Å². The molecular weight excluding hydrogens is 590 g/mol. The SMILES string of the molecule is NC1CC(N)CN(c2nc(Nc3ccc(C(=O)NC(Cc4ccccc4)C4=COCO4)c(O)c3)nc(N3CC(N)CC(N)C3)n2)C1. The van der Waals surface area contributed by atoms with Gasteiger partial charge in [0, 0.05) is 68.5 Å². The number of hydrogen-bond acceptors (Lipinski definition) is 14. The predicted molar refractivity (Wildman–Crippen MR) is 173 cm³/mol. The van der Waals surface area contributed by atoms with Crippen LogP contribution in [0.2, 0.25) is 0 Å². The van der Waals surface area contributed by atoms with Crippen molar-refractivity contribution in [3.8, 4) is 5.75 Å². The second-order valence-electron chi connectivity index (χ2n) is 12.1. The molecule has 0 bridgehead atoms. The molecule has 0 spiro atoms. The van der Waals surface area contributed by atoms with Crippen molar-refractivity contribution in [2.75, 3.05) is 48.1 Å². The van der Waals surface area contributed by atoms with Crippen LogP contribution in [0.15, 0.2) is 60.6 Å². The van der Waals surface area contributed by atoms with Crippen LogP contribution in [0.1, 0.15) is 28.8 Å². The Morgan fingerprint density at radius 1 is 0.891 bits per heavy atom. The fourth-order valence-electron chi connectivity index (χ4n) is 6.05. The maximum absolute atomic E-state index is 13.3. The molecule has 3 aliphatic rings. The summed E-state index contributed by atoms with van der Waals surface area (Å²) in [5.74, 6) is 0.884. The van der Waals surface area contributed by atoms with Crippen LogP contribution < -0.4 is 43.4 Å². The number of rotatable bonds is 9. The van der Waals surface area contributed by atoms with Crippen molar-refractivity contribution < 1.29 is 19.4 Å². The van der Waals surface area contributed by atoms with E-state index in [1.807, 2.05) is 40.1 Å². The molecule has 3 aliphatic heterocycles. The summed E-state index contributed by atoms with van der Waals surface area (Å²) in [6.45, 7) is 2.25. The third kappa shape index (κ3) is 7.56. The maximum Gasteiger partial charge on any atom is 0.255 e. The van der Waals surface area contributed by atoms with Gasteiger partial charge in [-0.2, -0.15) is 15.0 Å². The summed E-state index contributed by atoms with van der Waals surface area (Å²) in [6.07, 6.45) is 3.39. The summed E-state index contributed by atoms with van der Waals surface area (Å²) in [5, 5.41) is 17.1. The Labute approximate surface area is 266 Å². The van der Waals surface area contributed by atoms with E-state index < -0.39 is 11.9 Å². The van der Waals surface area contributed by atoms with Crippen LogP contribution >= 0.6 is 0 Å². The number of ether oxygens (including phenoxy) is 2. The maximum atomic E-state index is 13.3. The predicted octanol–water partition coefficient (Wildman–Crippen LogP) is 0.237. The number of aromatic hydroxyl groups is 1. The average Bonchev–Trinajstić information content (AvgIpc) is 3.55. The minimum Gasteiger partial charge on any atom is -0.507 e. The second kappa shape index (κ2) is 13.7. The third-order valence-electron chi connectivity index (χ3n) is 8.13. The molecule has 244 valence electrons. The summed E-state index contributed by atoms with van der Waals surface area (Å²) in [5.41, 5.74) is 26.6. The molecule has 6 rings (SSSR count). The monoisotopic (exact) mass is 631 g/mol. The average molecular weight is 632 g/mol. The lowest BCUT2D eigenvalue weighted by molar-refractivity contribution is 0.0705. The molecule has 2 fully saturated rings. The van der Waals surface area contributed by atoms with Crippen molar-refractivity contribution in [2.45, 2.75) is 49.5 Å². The van der Waals surface area contributed by atoms with Gasteiger partial charge in [-0.05, 0) is 30.5 Å². The van der Waals surface area contributed by atoms with Crippen molar-refractivity contribution >= 4 is 29.4 Å². The molecule has 1 amide bonds. The quantitative estimate of drug-likeness (QED) is 0.168. The Balaban J connectivity index is 1.22. The van der Waals surface area contributed by atoms with Gasteiger partial charge in [0.25, 0.3) is 5.91 Å². The highest BCUT2D eigenvalue weighted by Gasteiger charge is 2.29. The highest BCUT2D eigenvalue weighted by molar-refractivity contribution is 5.97. The molecule has 0 saturated carbocycles. The number of nitrogens with one attached hydrogen (secondary N) is 2. The molecule has 15 heteroatoms. The standard InChI is InChI=1S/C31H41N11O4/c32-19-9-20(33)13-41(12-19)30-38-29(39-31(40-30)42-14-21(34)10-22(35)15-42)36-23-6-7-24(26(43)11-23)28(44)37-25(27-16-45-17-46-27)8-18-4-2-1-3-5-18/h1-7,11,16,19-22,25,43H,8-10,12-15,17,32-35H2,(H,37,44)(H,36,38,39,40). The molecular formula is C31H41N11O4. The van der Waals surface area contributed by atoms with Gasteiger partial charge in [0.05, 0.1) is 11.6 Å². The molecule has 15 nitrogen and oxygen atoms in total. The van der Waals surface area contributed by atoms with Crippen LogP contribution in [0.25, 0.3) is 0 Å². The minimum atomic E-state index is -0.497. The number of piperidine rings is 2. The van der Waals surface area contributed by atoms with E-state index in [-0.39, 0.29) is 48.2 Å². The first-order valence-corrected chi connectivity index (χ1v) is 15.4. The van der Waals surface area contributed by atoms with Gasteiger partial charge in [-0.25, -0.2) is 0 Å². The lowest BCUT2D eigenvalue weighted by atomic mass is 10.0. The number of hydrogen-bond donors (Lipinski definition) is 7. The third-order valence-corrected chi connectivity index (χ3v) is 8.13. The van der Waals surface area contributed by atoms with E-state index in [1.54, 1.807) is 6.07 Å². The number of aromatic nitrogens is 3. The van der Waals surface area contributed by atoms with Gasteiger partial charge in [0.15, 0.2) is 5.76 Å². The first kappa shape index (κ1) is 31.3. The number of carbonyl (C=O) groups is 1. The van der Waals surface area contributed by atoms with Crippen LogP contribution in [0.4, 0.5) is 23.5 Å². The normalized spacial score (nSPS) is 23.6. The summed E-state index contributed by atoms with van der Waals surface area (Å²) < 4.78 is 10.8. The molecule has 1 aromatic heterocycles. The summed E-state index contributed by atoms with van der Waals surface area (Å²) >= 11 is 0. The zero-order valence-electron chi connectivity index (χ0n) is 25.5. The number of nitrogens with zero attached hydrogens (tertiary/aromatic N) is 5. The van der Waals surface area contributed by atoms with Crippen LogP contribution in [0, 0.1) is 0 Å². The van der Waals surface area contributed by atoms with E-state index in [4.69, 9.17) is 37.4 Å². The van der Waals surface area contributed by atoms with Crippen molar-refractivity contribution in [1.29, 1.82) is 0 Å². The van der Waals surface area contributed by atoms with E-state index in [0.717, 1.165) is 5.56 Å². The number of benzene rings is 2. The number of anilines is 4. The topological polar surface area (TPSA) is 229 Å². The molecule has 11 N–H and O–H groups in total. The molecule has 0 aliphatic carbocycles. The van der Waals surface area contributed by atoms with Crippen LogP contribution in [-0.2, 0) is 15.9 Å². The molecule has 0 radical (unpaired) electrons. The Bertz CT molecular complexity index is 1490. The van der Waals surface area contributed by atoms with Crippen molar-refractivity contribution in [3.05, 3.63) is 71.7 Å². The number of phenolic OH excluding ortho intramolecular Hbond substituents is 1. The summed E-state index contributed by atoms with van der Waals surface area (Å²) in [6, 6.07) is 13.4. The van der Waals surface area contributed by atoms with Gasteiger partial charge in [-0.1, -0.05) is 30.3 Å². The number of amides is 1. The van der Waals surface area contributed by atoms with Gasteiger partial charge >= 0.3 is 0 Å². The molecule has 46 heavy (non-hydrogen) atoms. The molecule has 5 atom stereocenters. The summed E-state index contributed by atoms with van der Waals surface area (Å²) in [4.78, 5) is 31.3. The van der Waals surface area contributed by atoms with Crippen molar-refractivity contribution in [1.82, 2.24) is 20.3 Å². The van der Waals surface area contributed by atoms with E-state index in [9.17, 15) is 9.90 Å². The highest BCUT2D eigenvalue weighted by Crippen LogP contribution is 2.27. The van der Waals surface area contributed by atoms with Crippen LogP contribution in [0.5, 0.6) is 5.75 Å². The van der Waals surface area contributed by atoms with Gasteiger partial charge in [0.1, 0.15) is 12.0 Å². The highest BCUT2D eigenvalue weighted by atomic mass is 16.7. The zero-order chi connectivity index (χ0) is 32.2. The minimum absolute atomic E-state index is 0.0807. The zero-order valence-corrected chi connectivity index (χ0v) is 25.5. The lowest BCUT2D eigenvalue weighted by Gasteiger charge is -2.37. The largest absolute Gasteiger partial charge is 0.507 e. The number of phenols is 1. The van der Waals surface area contributed by atoms with E-state index >= 15 is 0 Å². The smallest absolute Gasteiger partial charge is 0.255 e. The Morgan fingerprint density at radius 2 is 1.50 bits per heavy atom. The molecule has 3 aromatic rings. The Kier molecular flexibility index (Phi) is 9.35. The first-order chi connectivity index (χ1) is 22.2. The molecule has 4 heterocycles. The molecule has 5 unspecified atom stereocenters. The molecule has 2 aromatic carbocycles.